The van der Waals surface area contributed by atoms with Crippen molar-refractivity contribution in [2.75, 3.05) is 5.32 Å². The average Bonchev–Trinajstić information content (AvgIpc) is 2.93. The molecule has 0 atom stereocenters. The fourth-order valence-corrected chi connectivity index (χ4v) is 3.04. The van der Waals surface area contributed by atoms with E-state index < -0.39 is 0 Å². The quantitative estimate of drug-likeness (QED) is 0.607. The van der Waals surface area contributed by atoms with Gasteiger partial charge in [0.15, 0.2) is 0 Å². The molecule has 0 unspecified atom stereocenters. The fraction of sp³-hybridized carbons (Fsp3) is 0.200. The van der Waals surface area contributed by atoms with Gasteiger partial charge in [-0.15, -0.1) is 0 Å². The summed E-state index contributed by atoms with van der Waals surface area (Å²) in [7, 11) is 0. The van der Waals surface area contributed by atoms with Crippen molar-refractivity contribution >= 4 is 22.4 Å². The molecule has 130 valence electrons. The van der Waals surface area contributed by atoms with Crippen LogP contribution in [0.1, 0.15) is 22.8 Å². The van der Waals surface area contributed by atoms with Gasteiger partial charge in [0, 0.05) is 11.1 Å². The Hall–Kier alpha value is -3.28. The number of fused-ring (bicyclic) bond motifs is 1. The number of hydrogen-bond acceptors (Lipinski definition) is 5. The number of rotatable bonds is 4. The fourth-order valence-electron chi connectivity index (χ4n) is 3.04. The van der Waals surface area contributed by atoms with E-state index in [2.05, 4.69) is 56.6 Å². The summed E-state index contributed by atoms with van der Waals surface area (Å²) in [6.45, 7) is 6.63. The van der Waals surface area contributed by atoms with Gasteiger partial charge >= 0.3 is 0 Å². The lowest BCUT2D eigenvalue weighted by Crippen LogP contribution is -2.04. The summed E-state index contributed by atoms with van der Waals surface area (Å²) in [6.07, 6.45) is 1.59. The molecule has 0 aliphatic heterocycles. The molecule has 0 bridgehead atoms. The van der Waals surface area contributed by atoms with E-state index in [4.69, 9.17) is 0 Å². The maximum absolute atomic E-state index is 4.43. The van der Waals surface area contributed by atoms with Crippen LogP contribution in [0.2, 0.25) is 0 Å². The zero-order chi connectivity index (χ0) is 18.1. The average molecular weight is 344 g/mol. The third-order valence-corrected chi connectivity index (χ3v) is 4.28. The Morgan fingerprint density at radius 1 is 1.00 bits per heavy atom. The van der Waals surface area contributed by atoms with Crippen LogP contribution in [0.15, 0.2) is 48.8 Å². The Balaban J connectivity index is 1.63. The summed E-state index contributed by atoms with van der Waals surface area (Å²) in [5.41, 5.74) is 4.25. The molecular weight excluding hydrogens is 324 g/mol. The summed E-state index contributed by atoms with van der Waals surface area (Å²) in [4.78, 5) is 13.1. The van der Waals surface area contributed by atoms with E-state index in [1.807, 2.05) is 36.7 Å². The van der Waals surface area contributed by atoms with Gasteiger partial charge in [-0.1, -0.05) is 23.8 Å². The van der Waals surface area contributed by atoms with Crippen molar-refractivity contribution in [3.8, 4) is 0 Å². The van der Waals surface area contributed by atoms with Crippen LogP contribution < -0.4 is 5.32 Å². The van der Waals surface area contributed by atoms with Crippen molar-refractivity contribution in [1.29, 1.82) is 0 Å². The Morgan fingerprint density at radius 3 is 2.69 bits per heavy atom. The van der Waals surface area contributed by atoms with E-state index in [1.165, 1.54) is 5.56 Å². The van der Waals surface area contributed by atoms with Gasteiger partial charge in [-0.2, -0.15) is 5.10 Å². The summed E-state index contributed by atoms with van der Waals surface area (Å²) in [5.74, 6) is 2.52. The minimum absolute atomic E-state index is 0.686. The topological polar surface area (TPSA) is 68.5 Å². The molecule has 0 fully saturated rings. The lowest BCUT2D eigenvalue weighted by molar-refractivity contribution is 0.656. The molecule has 6 nitrogen and oxygen atoms in total. The van der Waals surface area contributed by atoms with Crippen LogP contribution in [-0.4, -0.2) is 24.7 Å². The minimum atomic E-state index is 0.686. The normalized spacial score (nSPS) is 11.0. The summed E-state index contributed by atoms with van der Waals surface area (Å²) < 4.78 is 1.91. The molecule has 0 amide bonds. The molecule has 2 aromatic carbocycles. The number of benzene rings is 2. The SMILES string of the molecule is Cc1ccc2ncnc(Nc3cccc(Cn4nc(C)nc4C)c3)c2c1. The van der Waals surface area contributed by atoms with Crippen LogP contribution in [-0.2, 0) is 6.54 Å². The van der Waals surface area contributed by atoms with Crippen molar-refractivity contribution in [3.63, 3.8) is 0 Å². The maximum Gasteiger partial charge on any atom is 0.147 e. The first-order valence-corrected chi connectivity index (χ1v) is 8.54. The predicted molar refractivity (Wildman–Crippen MR) is 103 cm³/mol. The van der Waals surface area contributed by atoms with Crippen LogP contribution in [0.4, 0.5) is 11.5 Å². The Labute approximate surface area is 152 Å². The highest BCUT2D eigenvalue weighted by atomic mass is 15.3. The Kier molecular flexibility index (Phi) is 4.08. The van der Waals surface area contributed by atoms with Gasteiger partial charge in [-0.3, -0.25) is 0 Å². The molecule has 0 saturated heterocycles. The van der Waals surface area contributed by atoms with Gasteiger partial charge in [0.1, 0.15) is 23.8 Å². The number of nitrogens with zero attached hydrogens (tertiary/aromatic N) is 5. The highest BCUT2D eigenvalue weighted by Gasteiger charge is 2.07. The van der Waals surface area contributed by atoms with Crippen LogP contribution in [0.3, 0.4) is 0 Å². The highest BCUT2D eigenvalue weighted by molar-refractivity contribution is 5.91. The maximum atomic E-state index is 4.43. The lowest BCUT2D eigenvalue weighted by atomic mass is 10.1. The largest absolute Gasteiger partial charge is 0.340 e. The van der Waals surface area contributed by atoms with E-state index in [0.29, 0.717) is 6.54 Å². The van der Waals surface area contributed by atoms with E-state index in [9.17, 15) is 0 Å². The first kappa shape index (κ1) is 16.2. The third-order valence-electron chi connectivity index (χ3n) is 4.28. The first-order valence-electron chi connectivity index (χ1n) is 8.54. The molecule has 2 heterocycles. The van der Waals surface area contributed by atoms with Gasteiger partial charge < -0.3 is 5.32 Å². The Bertz CT molecular complexity index is 1080. The number of anilines is 2. The molecule has 0 saturated carbocycles. The predicted octanol–water partition coefficient (Wildman–Crippen LogP) is 3.94. The van der Waals surface area contributed by atoms with Gasteiger partial charge in [-0.05, 0) is 50.6 Å². The molecule has 2 aromatic heterocycles. The smallest absolute Gasteiger partial charge is 0.147 e. The summed E-state index contributed by atoms with van der Waals surface area (Å²) >= 11 is 0. The summed E-state index contributed by atoms with van der Waals surface area (Å²) in [5, 5.41) is 8.87. The Morgan fingerprint density at radius 2 is 1.88 bits per heavy atom. The van der Waals surface area contributed by atoms with Crippen molar-refractivity contribution in [2.24, 2.45) is 0 Å². The molecule has 4 aromatic rings. The molecule has 26 heavy (non-hydrogen) atoms. The molecule has 0 aliphatic carbocycles. The molecule has 1 N–H and O–H groups in total. The van der Waals surface area contributed by atoms with E-state index >= 15 is 0 Å². The second-order valence-electron chi connectivity index (χ2n) is 6.43. The second-order valence-corrected chi connectivity index (χ2v) is 6.43. The van der Waals surface area contributed by atoms with E-state index in [0.717, 1.165) is 39.6 Å². The third kappa shape index (κ3) is 3.26. The van der Waals surface area contributed by atoms with Crippen LogP contribution in [0.25, 0.3) is 10.9 Å². The zero-order valence-electron chi connectivity index (χ0n) is 15.1. The highest BCUT2D eigenvalue weighted by Crippen LogP contribution is 2.24. The number of hydrogen-bond donors (Lipinski definition) is 1. The summed E-state index contributed by atoms with van der Waals surface area (Å²) in [6, 6.07) is 14.4. The molecule has 0 aliphatic rings. The number of aryl methyl sites for hydroxylation is 3. The van der Waals surface area contributed by atoms with Gasteiger partial charge in [-0.25, -0.2) is 19.6 Å². The second kappa shape index (κ2) is 6.55. The van der Waals surface area contributed by atoms with E-state index in [1.54, 1.807) is 6.33 Å². The first-order chi connectivity index (χ1) is 12.6. The molecule has 6 heteroatoms. The van der Waals surface area contributed by atoms with Gasteiger partial charge in [0.25, 0.3) is 0 Å². The number of aromatic nitrogens is 5. The molecule has 0 spiro atoms. The van der Waals surface area contributed by atoms with E-state index in [-0.39, 0.29) is 0 Å². The van der Waals surface area contributed by atoms with Crippen LogP contribution >= 0.6 is 0 Å². The molecular formula is C20H20N6. The van der Waals surface area contributed by atoms with Gasteiger partial charge in [0.2, 0.25) is 0 Å². The lowest BCUT2D eigenvalue weighted by Gasteiger charge is -2.10. The standard InChI is InChI=1S/C20H20N6/c1-13-7-8-19-18(9-13)20(22-12-21-19)24-17-6-4-5-16(10-17)11-26-15(3)23-14(2)25-26/h4-10,12H,11H2,1-3H3,(H,21,22,24). The van der Waals surface area contributed by atoms with Crippen molar-refractivity contribution < 1.29 is 0 Å². The molecule has 0 radical (unpaired) electrons. The van der Waals surface area contributed by atoms with Crippen LogP contribution in [0.5, 0.6) is 0 Å². The van der Waals surface area contributed by atoms with Crippen LogP contribution in [0, 0.1) is 20.8 Å². The number of nitrogens with one attached hydrogen (secondary N) is 1. The van der Waals surface area contributed by atoms with Gasteiger partial charge in [0.05, 0.1) is 12.1 Å². The van der Waals surface area contributed by atoms with Crippen molar-refractivity contribution in [3.05, 3.63) is 71.6 Å². The molecule has 4 rings (SSSR count). The minimum Gasteiger partial charge on any atom is -0.340 e. The van der Waals surface area contributed by atoms with Crippen molar-refractivity contribution in [2.45, 2.75) is 27.3 Å². The van der Waals surface area contributed by atoms with Crippen molar-refractivity contribution in [1.82, 2.24) is 24.7 Å². The zero-order valence-corrected chi connectivity index (χ0v) is 15.1. The monoisotopic (exact) mass is 344 g/mol.